The zero-order valence-electron chi connectivity index (χ0n) is 11.7. The maximum atomic E-state index is 4.45. The molecule has 0 saturated heterocycles. The van der Waals surface area contributed by atoms with Crippen molar-refractivity contribution < 1.29 is 0 Å². The number of aromatic nitrogens is 2. The molecule has 0 radical (unpaired) electrons. The van der Waals surface area contributed by atoms with Crippen LogP contribution in [0.2, 0.25) is 0 Å². The molecule has 0 saturated carbocycles. The van der Waals surface area contributed by atoms with Gasteiger partial charge in [-0.05, 0) is 71.9 Å². The molecule has 2 N–H and O–H groups in total. The second-order valence-corrected chi connectivity index (χ2v) is 8.09. The van der Waals surface area contributed by atoms with E-state index in [-0.39, 0.29) is 0 Å². The number of nitrogens with one attached hydrogen (secondary N) is 2. The van der Waals surface area contributed by atoms with E-state index in [1.54, 1.807) is 0 Å². The fraction of sp³-hybridized carbons (Fsp3) is 0.312. The first kappa shape index (κ1) is 13.3. The number of H-pyrrole nitrogens is 1. The summed E-state index contributed by atoms with van der Waals surface area (Å²) in [6.07, 6.45) is 3.65. The number of nitrogens with zero attached hydrogens (tertiary/aromatic N) is 1. The van der Waals surface area contributed by atoms with Gasteiger partial charge in [0.05, 0.1) is 20.9 Å². The van der Waals surface area contributed by atoms with Gasteiger partial charge in [-0.15, -0.1) is 11.3 Å². The number of aryl methyl sites for hydroxylation is 2. The normalized spacial score (nSPS) is 17.9. The quantitative estimate of drug-likeness (QED) is 0.659. The van der Waals surface area contributed by atoms with Crippen LogP contribution in [0.5, 0.6) is 0 Å². The summed E-state index contributed by atoms with van der Waals surface area (Å²) in [6, 6.07) is 9.05. The molecule has 1 aliphatic carbocycles. The van der Waals surface area contributed by atoms with Crippen LogP contribution in [0.3, 0.4) is 0 Å². The van der Waals surface area contributed by atoms with E-state index in [0.29, 0.717) is 6.04 Å². The van der Waals surface area contributed by atoms with Crippen LogP contribution in [0.1, 0.15) is 35.1 Å². The highest BCUT2D eigenvalue weighted by atomic mass is 79.9. The highest BCUT2D eigenvalue weighted by molar-refractivity contribution is 9.11. The van der Waals surface area contributed by atoms with Crippen LogP contribution in [0.15, 0.2) is 28.1 Å². The lowest BCUT2D eigenvalue weighted by Gasteiger charge is -2.24. The van der Waals surface area contributed by atoms with E-state index in [2.05, 4.69) is 55.5 Å². The first-order valence-electron chi connectivity index (χ1n) is 7.20. The summed E-state index contributed by atoms with van der Waals surface area (Å²) in [6.45, 7) is 1.99. The lowest BCUT2D eigenvalue weighted by Crippen LogP contribution is -2.15. The van der Waals surface area contributed by atoms with Gasteiger partial charge in [0.2, 0.25) is 0 Å². The third-order valence-electron chi connectivity index (χ3n) is 4.02. The number of hydrogen-bond acceptors (Lipinski definition) is 3. The molecule has 3 aromatic rings. The van der Waals surface area contributed by atoms with Gasteiger partial charge in [-0.25, -0.2) is 4.98 Å². The summed E-state index contributed by atoms with van der Waals surface area (Å²) in [5, 5.41) is 3.69. The summed E-state index contributed by atoms with van der Waals surface area (Å²) < 4.78 is 1.24. The molecule has 0 fully saturated rings. The number of fused-ring (bicyclic) bond motifs is 2. The fourth-order valence-corrected chi connectivity index (χ4v) is 4.92. The Morgan fingerprint density at radius 1 is 1.38 bits per heavy atom. The summed E-state index contributed by atoms with van der Waals surface area (Å²) >= 11 is 5.49. The summed E-state index contributed by atoms with van der Waals surface area (Å²) in [7, 11) is 0. The number of thiophene rings is 1. The minimum Gasteiger partial charge on any atom is -0.378 e. The van der Waals surface area contributed by atoms with Gasteiger partial charge in [-0.3, -0.25) is 0 Å². The second kappa shape index (κ2) is 5.14. The summed E-state index contributed by atoms with van der Waals surface area (Å²) in [5.41, 5.74) is 4.74. The maximum Gasteiger partial charge on any atom is 0.104 e. The van der Waals surface area contributed by atoms with Crippen LogP contribution >= 0.6 is 27.3 Å². The van der Waals surface area contributed by atoms with Crippen molar-refractivity contribution in [1.82, 2.24) is 9.97 Å². The SMILES string of the molecule is Cc1nc2ccc(NC3CCCc4sc(Br)cc43)cc2[nH]1. The second-order valence-electron chi connectivity index (χ2n) is 5.57. The Labute approximate surface area is 135 Å². The third-order valence-corrected chi connectivity index (χ3v) is 5.74. The fourth-order valence-electron chi connectivity index (χ4n) is 3.10. The Balaban J connectivity index is 1.65. The van der Waals surface area contributed by atoms with Gasteiger partial charge < -0.3 is 10.3 Å². The highest BCUT2D eigenvalue weighted by Crippen LogP contribution is 2.39. The van der Waals surface area contributed by atoms with Crippen LogP contribution in [-0.2, 0) is 6.42 Å². The van der Waals surface area contributed by atoms with E-state index < -0.39 is 0 Å². The van der Waals surface area contributed by atoms with E-state index in [0.717, 1.165) is 22.5 Å². The average Bonchev–Trinajstić information content (AvgIpc) is 2.99. The maximum absolute atomic E-state index is 4.45. The Hall–Kier alpha value is -1.33. The van der Waals surface area contributed by atoms with Crippen molar-refractivity contribution in [2.75, 3.05) is 5.32 Å². The molecule has 1 unspecified atom stereocenters. The van der Waals surface area contributed by atoms with Crippen LogP contribution < -0.4 is 5.32 Å². The number of benzene rings is 1. The predicted octanol–water partition coefficient (Wildman–Crippen LogP) is 5.18. The highest BCUT2D eigenvalue weighted by Gasteiger charge is 2.22. The molecule has 0 amide bonds. The number of rotatable bonds is 2. The Kier molecular flexibility index (Phi) is 3.27. The molecule has 4 rings (SSSR count). The van der Waals surface area contributed by atoms with Crippen molar-refractivity contribution in [2.24, 2.45) is 0 Å². The van der Waals surface area contributed by atoms with Gasteiger partial charge in [0, 0.05) is 10.6 Å². The first-order chi connectivity index (χ1) is 10.2. The van der Waals surface area contributed by atoms with Gasteiger partial charge in [0.1, 0.15) is 5.82 Å². The zero-order valence-corrected chi connectivity index (χ0v) is 14.1. The third kappa shape index (κ3) is 2.49. The van der Waals surface area contributed by atoms with E-state index in [1.165, 1.54) is 33.5 Å². The smallest absolute Gasteiger partial charge is 0.104 e. The van der Waals surface area contributed by atoms with Crippen molar-refractivity contribution in [3.05, 3.63) is 44.3 Å². The van der Waals surface area contributed by atoms with Gasteiger partial charge in [0.15, 0.2) is 0 Å². The zero-order chi connectivity index (χ0) is 14.4. The molecule has 0 aliphatic heterocycles. The Morgan fingerprint density at radius 2 is 2.29 bits per heavy atom. The number of hydrogen-bond donors (Lipinski definition) is 2. The minimum atomic E-state index is 0.415. The molecule has 5 heteroatoms. The number of aromatic amines is 1. The van der Waals surface area contributed by atoms with Crippen LogP contribution in [0.25, 0.3) is 11.0 Å². The molecule has 1 aromatic carbocycles. The molecule has 0 bridgehead atoms. The standard InChI is InChI=1S/C16H16BrN3S/c1-9-18-13-6-5-10(7-14(13)19-9)20-12-3-2-4-15-11(12)8-16(17)21-15/h5-8,12,20H,2-4H2,1H3,(H,18,19). The van der Waals surface area contributed by atoms with Crippen molar-refractivity contribution in [3.63, 3.8) is 0 Å². The summed E-state index contributed by atoms with van der Waals surface area (Å²) in [5.74, 6) is 0.962. The van der Waals surface area contributed by atoms with Gasteiger partial charge in [-0.2, -0.15) is 0 Å². The van der Waals surface area contributed by atoms with Crippen LogP contribution in [0.4, 0.5) is 5.69 Å². The largest absolute Gasteiger partial charge is 0.378 e. The van der Waals surface area contributed by atoms with Crippen molar-refractivity contribution >= 4 is 44.0 Å². The number of imidazole rings is 1. The predicted molar refractivity (Wildman–Crippen MR) is 92.2 cm³/mol. The molecule has 3 nitrogen and oxygen atoms in total. The molecule has 1 atom stereocenters. The molecule has 21 heavy (non-hydrogen) atoms. The molecule has 1 aliphatic rings. The Bertz CT molecular complexity index is 805. The van der Waals surface area contributed by atoms with E-state index in [1.807, 2.05) is 18.3 Å². The molecule has 108 valence electrons. The molecule has 2 aromatic heterocycles. The van der Waals surface area contributed by atoms with Gasteiger partial charge >= 0.3 is 0 Å². The molecular formula is C16H16BrN3S. The van der Waals surface area contributed by atoms with Crippen LogP contribution in [0, 0.1) is 6.92 Å². The summed E-state index contributed by atoms with van der Waals surface area (Å²) in [4.78, 5) is 9.27. The minimum absolute atomic E-state index is 0.415. The van der Waals surface area contributed by atoms with Crippen molar-refractivity contribution in [1.29, 1.82) is 0 Å². The Morgan fingerprint density at radius 3 is 3.19 bits per heavy atom. The number of halogens is 1. The van der Waals surface area contributed by atoms with Crippen molar-refractivity contribution in [3.8, 4) is 0 Å². The first-order valence-corrected chi connectivity index (χ1v) is 8.81. The molecule has 2 heterocycles. The number of anilines is 1. The topological polar surface area (TPSA) is 40.7 Å². The van der Waals surface area contributed by atoms with E-state index in [9.17, 15) is 0 Å². The van der Waals surface area contributed by atoms with E-state index >= 15 is 0 Å². The van der Waals surface area contributed by atoms with Crippen LogP contribution in [-0.4, -0.2) is 9.97 Å². The lowest BCUT2D eigenvalue weighted by atomic mass is 9.94. The molecule has 0 spiro atoms. The van der Waals surface area contributed by atoms with Gasteiger partial charge in [-0.1, -0.05) is 0 Å². The van der Waals surface area contributed by atoms with Gasteiger partial charge in [0.25, 0.3) is 0 Å². The van der Waals surface area contributed by atoms with E-state index in [4.69, 9.17) is 0 Å². The molecular weight excluding hydrogens is 346 g/mol. The monoisotopic (exact) mass is 361 g/mol. The lowest BCUT2D eigenvalue weighted by molar-refractivity contribution is 0.609. The van der Waals surface area contributed by atoms with Crippen molar-refractivity contribution in [2.45, 2.75) is 32.2 Å². The average molecular weight is 362 g/mol.